The van der Waals surface area contributed by atoms with Gasteiger partial charge in [0, 0.05) is 17.6 Å². The molecule has 0 unspecified atom stereocenters. The number of benzene rings is 2. The summed E-state index contributed by atoms with van der Waals surface area (Å²) in [4.78, 5) is 14.0. The predicted molar refractivity (Wildman–Crippen MR) is 105 cm³/mol. The average molecular weight is 422 g/mol. The Hall–Kier alpha value is -2.77. The van der Waals surface area contributed by atoms with Gasteiger partial charge in [-0.3, -0.25) is 4.79 Å². The normalized spacial score (nSPS) is 10.6. The minimum Gasteiger partial charge on any atom is -0.493 e. The predicted octanol–water partition coefficient (Wildman–Crippen LogP) is 4.33. The smallest absolute Gasteiger partial charge is 0.255 e. The molecule has 3 aromatic rings. The maximum Gasteiger partial charge on any atom is 0.255 e. The number of amides is 1. The Morgan fingerprint density at radius 1 is 1.07 bits per heavy atom. The van der Waals surface area contributed by atoms with Crippen LogP contribution < -0.4 is 9.47 Å². The van der Waals surface area contributed by atoms with E-state index in [4.69, 9.17) is 37.1 Å². The van der Waals surface area contributed by atoms with E-state index in [1.807, 2.05) is 0 Å². The van der Waals surface area contributed by atoms with Gasteiger partial charge in [-0.1, -0.05) is 23.2 Å². The van der Waals surface area contributed by atoms with Gasteiger partial charge >= 0.3 is 0 Å². The second-order valence-electron chi connectivity index (χ2n) is 5.86. The summed E-state index contributed by atoms with van der Waals surface area (Å²) in [7, 11) is 4.71. The third-order valence-corrected chi connectivity index (χ3v) is 4.54. The molecule has 0 radical (unpaired) electrons. The van der Waals surface area contributed by atoms with Crippen LogP contribution in [-0.2, 0) is 6.54 Å². The number of ether oxygens (including phenoxy) is 2. The highest BCUT2D eigenvalue weighted by Crippen LogP contribution is 2.32. The second-order valence-corrected chi connectivity index (χ2v) is 6.70. The zero-order chi connectivity index (χ0) is 20.3. The molecule has 2 aromatic carbocycles. The van der Waals surface area contributed by atoms with Crippen molar-refractivity contribution in [2.45, 2.75) is 6.54 Å². The standard InChI is InChI=1S/C19H17Cl2N3O4/c1-24(19(25)13-9-12(20)5-6-14(13)21)10-17-22-23-18(28-17)11-4-7-15(26-2)16(8-11)27-3/h4-9H,10H2,1-3H3. The first-order valence-electron chi connectivity index (χ1n) is 8.18. The summed E-state index contributed by atoms with van der Waals surface area (Å²) >= 11 is 12.0. The molecule has 9 heteroatoms. The molecule has 0 saturated carbocycles. The fourth-order valence-corrected chi connectivity index (χ4v) is 2.92. The fourth-order valence-electron chi connectivity index (χ4n) is 2.55. The molecule has 0 spiro atoms. The molecular formula is C19H17Cl2N3O4. The molecule has 28 heavy (non-hydrogen) atoms. The number of carbonyl (C=O) groups excluding carboxylic acids is 1. The molecule has 1 amide bonds. The van der Waals surface area contributed by atoms with Crippen molar-refractivity contribution >= 4 is 29.1 Å². The lowest BCUT2D eigenvalue weighted by molar-refractivity contribution is 0.0773. The third kappa shape index (κ3) is 4.21. The number of nitrogens with zero attached hydrogens (tertiary/aromatic N) is 3. The minimum absolute atomic E-state index is 0.113. The number of hydrogen-bond acceptors (Lipinski definition) is 6. The molecule has 0 aliphatic rings. The Morgan fingerprint density at radius 2 is 1.82 bits per heavy atom. The second kappa shape index (κ2) is 8.50. The fraction of sp³-hybridized carbons (Fsp3) is 0.211. The van der Waals surface area contributed by atoms with Gasteiger partial charge in [0.15, 0.2) is 11.5 Å². The molecule has 0 aliphatic carbocycles. The van der Waals surface area contributed by atoms with Crippen LogP contribution in [0.15, 0.2) is 40.8 Å². The average Bonchev–Trinajstić information content (AvgIpc) is 3.17. The van der Waals surface area contributed by atoms with Gasteiger partial charge in [-0.15, -0.1) is 10.2 Å². The van der Waals surface area contributed by atoms with Crippen molar-refractivity contribution in [3.63, 3.8) is 0 Å². The Balaban J connectivity index is 1.77. The van der Waals surface area contributed by atoms with Crippen molar-refractivity contribution in [3.05, 3.63) is 57.9 Å². The maximum atomic E-state index is 12.6. The van der Waals surface area contributed by atoms with Crippen molar-refractivity contribution in [1.29, 1.82) is 0 Å². The lowest BCUT2D eigenvalue weighted by Crippen LogP contribution is -2.26. The van der Waals surface area contributed by atoms with Crippen LogP contribution in [0.25, 0.3) is 11.5 Å². The summed E-state index contributed by atoms with van der Waals surface area (Å²) in [5.41, 5.74) is 0.972. The van der Waals surface area contributed by atoms with Gasteiger partial charge < -0.3 is 18.8 Å². The highest BCUT2D eigenvalue weighted by molar-refractivity contribution is 6.35. The van der Waals surface area contributed by atoms with E-state index in [2.05, 4.69) is 10.2 Å². The molecule has 0 saturated heterocycles. The van der Waals surface area contributed by atoms with Crippen LogP contribution in [0.2, 0.25) is 10.0 Å². The number of methoxy groups -OCH3 is 2. The van der Waals surface area contributed by atoms with E-state index in [1.165, 1.54) is 11.0 Å². The number of rotatable bonds is 6. The van der Waals surface area contributed by atoms with Crippen LogP contribution in [0, 0.1) is 0 Å². The zero-order valence-corrected chi connectivity index (χ0v) is 16.9. The van der Waals surface area contributed by atoms with Gasteiger partial charge in [-0.05, 0) is 36.4 Å². The molecule has 0 N–H and O–H groups in total. The molecule has 0 fully saturated rings. The van der Waals surface area contributed by atoms with Gasteiger partial charge in [-0.2, -0.15) is 0 Å². The summed E-state index contributed by atoms with van der Waals surface area (Å²) in [6.45, 7) is 0.113. The Bertz CT molecular complexity index is 1010. The summed E-state index contributed by atoms with van der Waals surface area (Å²) in [5.74, 6) is 1.41. The maximum absolute atomic E-state index is 12.6. The molecular weight excluding hydrogens is 405 g/mol. The van der Waals surface area contributed by atoms with Crippen molar-refractivity contribution in [3.8, 4) is 23.0 Å². The lowest BCUT2D eigenvalue weighted by atomic mass is 10.2. The number of carbonyl (C=O) groups is 1. The van der Waals surface area contributed by atoms with E-state index >= 15 is 0 Å². The van der Waals surface area contributed by atoms with Crippen LogP contribution in [0.4, 0.5) is 0 Å². The van der Waals surface area contributed by atoms with E-state index in [0.29, 0.717) is 38.6 Å². The quantitative estimate of drug-likeness (QED) is 0.589. The van der Waals surface area contributed by atoms with Crippen LogP contribution in [0.3, 0.4) is 0 Å². The summed E-state index contributed by atoms with van der Waals surface area (Å²) in [5, 5.41) is 8.78. The molecule has 0 aliphatic heterocycles. The highest BCUT2D eigenvalue weighted by Gasteiger charge is 2.19. The van der Waals surface area contributed by atoms with E-state index in [0.717, 1.165) is 0 Å². The first-order chi connectivity index (χ1) is 13.4. The van der Waals surface area contributed by atoms with Crippen molar-refractivity contribution < 1.29 is 18.7 Å². The molecule has 0 atom stereocenters. The van der Waals surface area contributed by atoms with E-state index in [-0.39, 0.29) is 18.3 Å². The summed E-state index contributed by atoms with van der Waals surface area (Å²) in [6, 6.07) is 9.97. The van der Waals surface area contributed by atoms with Crippen molar-refractivity contribution in [1.82, 2.24) is 15.1 Å². The molecule has 146 valence electrons. The minimum atomic E-state index is -0.307. The molecule has 7 nitrogen and oxygen atoms in total. The SMILES string of the molecule is COc1ccc(-c2nnc(CN(C)C(=O)c3cc(Cl)ccc3Cl)o2)cc1OC. The number of hydrogen-bond donors (Lipinski definition) is 0. The number of halogens is 2. The van der Waals surface area contributed by atoms with E-state index in [9.17, 15) is 4.79 Å². The topological polar surface area (TPSA) is 77.7 Å². The Labute approximate surface area is 171 Å². The summed E-state index contributed by atoms with van der Waals surface area (Å²) < 4.78 is 16.2. The van der Waals surface area contributed by atoms with Gasteiger partial charge in [-0.25, -0.2) is 0 Å². The Kier molecular flexibility index (Phi) is 6.06. The highest BCUT2D eigenvalue weighted by atomic mass is 35.5. The Morgan fingerprint density at radius 3 is 2.54 bits per heavy atom. The monoisotopic (exact) mass is 421 g/mol. The molecule has 1 aromatic heterocycles. The van der Waals surface area contributed by atoms with E-state index in [1.54, 1.807) is 51.6 Å². The van der Waals surface area contributed by atoms with Gasteiger partial charge in [0.25, 0.3) is 5.91 Å². The largest absolute Gasteiger partial charge is 0.493 e. The van der Waals surface area contributed by atoms with Gasteiger partial charge in [0.1, 0.15) is 0 Å². The van der Waals surface area contributed by atoms with Crippen molar-refractivity contribution in [2.24, 2.45) is 0 Å². The third-order valence-electron chi connectivity index (χ3n) is 3.98. The van der Waals surface area contributed by atoms with Crippen LogP contribution in [-0.4, -0.2) is 42.3 Å². The van der Waals surface area contributed by atoms with Gasteiger partial charge in [0.05, 0.1) is 31.4 Å². The van der Waals surface area contributed by atoms with Crippen LogP contribution in [0.5, 0.6) is 11.5 Å². The van der Waals surface area contributed by atoms with Gasteiger partial charge in [0.2, 0.25) is 11.8 Å². The lowest BCUT2D eigenvalue weighted by Gasteiger charge is -2.15. The number of aromatic nitrogens is 2. The first-order valence-corrected chi connectivity index (χ1v) is 8.93. The van der Waals surface area contributed by atoms with E-state index < -0.39 is 0 Å². The van der Waals surface area contributed by atoms with Crippen molar-refractivity contribution in [2.75, 3.05) is 21.3 Å². The zero-order valence-electron chi connectivity index (χ0n) is 15.4. The first kappa shape index (κ1) is 20.0. The molecule has 3 rings (SSSR count). The molecule has 1 heterocycles. The summed E-state index contributed by atoms with van der Waals surface area (Å²) in [6.07, 6.45) is 0. The van der Waals surface area contributed by atoms with Crippen LogP contribution in [0.1, 0.15) is 16.2 Å². The molecule has 0 bridgehead atoms. The van der Waals surface area contributed by atoms with Crippen LogP contribution >= 0.6 is 23.2 Å².